The molecule has 0 aliphatic rings. The van der Waals surface area contributed by atoms with Gasteiger partial charge in [-0.15, -0.1) is 0 Å². The maximum Gasteiger partial charge on any atom is 0.266 e. The van der Waals surface area contributed by atoms with Gasteiger partial charge in [-0.2, -0.15) is 5.26 Å². The Balaban J connectivity index is 2.28. The molecule has 8 heteroatoms. The van der Waals surface area contributed by atoms with Crippen LogP contribution in [0.3, 0.4) is 0 Å². The van der Waals surface area contributed by atoms with Crippen LogP contribution >= 0.6 is 27.5 Å². The summed E-state index contributed by atoms with van der Waals surface area (Å²) in [5, 5.41) is 12.4. The second-order valence-corrected chi connectivity index (χ2v) is 6.86. The van der Waals surface area contributed by atoms with Gasteiger partial charge in [-0.25, -0.2) is 0 Å². The van der Waals surface area contributed by atoms with E-state index >= 15 is 0 Å². The minimum absolute atomic E-state index is 0.0902. The van der Waals surface area contributed by atoms with E-state index in [0.717, 1.165) is 0 Å². The Kier molecular flexibility index (Phi) is 8.13. The van der Waals surface area contributed by atoms with E-state index in [4.69, 9.17) is 25.8 Å². The SMILES string of the molecule is C=CCOc1ccc(/C=C(\C#N)C(=O)Nc2cc(OC)c(Cl)cc2OC)cc1Br. The standard InChI is InChI=1S/C21H18BrClN2O4/c1-4-7-29-18-6-5-13(9-15(18)22)8-14(12-24)21(26)25-17-11-19(27-2)16(23)10-20(17)28-3/h4-6,8-11H,1,7H2,2-3H3,(H,25,26)/b14-8+. The van der Waals surface area contributed by atoms with Gasteiger partial charge in [0.1, 0.15) is 35.5 Å². The molecule has 0 atom stereocenters. The van der Waals surface area contributed by atoms with Crippen LogP contribution in [-0.4, -0.2) is 26.7 Å². The van der Waals surface area contributed by atoms with Crippen LogP contribution in [0.15, 0.2) is 53.0 Å². The van der Waals surface area contributed by atoms with E-state index in [1.807, 2.05) is 6.07 Å². The maximum absolute atomic E-state index is 12.6. The third kappa shape index (κ3) is 5.76. The molecule has 1 N–H and O–H groups in total. The minimum atomic E-state index is -0.599. The summed E-state index contributed by atoms with van der Waals surface area (Å²) >= 11 is 9.48. The molecule has 0 spiro atoms. The zero-order chi connectivity index (χ0) is 21.4. The molecule has 150 valence electrons. The highest BCUT2D eigenvalue weighted by Gasteiger charge is 2.16. The molecule has 0 radical (unpaired) electrons. The lowest BCUT2D eigenvalue weighted by Crippen LogP contribution is -2.14. The van der Waals surface area contributed by atoms with Crippen LogP contribution in [0, 0.1) is 11.3 Å². The highest BCUT2D eigenvalue weighted by Crippen LogP contribution is 2.36. The maximum atomic E-state index is 12.6. The Labute approximate surface area is 182 Å². The summed E-state index contributed by atoms with van der Waals surface area (Å²) in [6.07, 6.45) is 3.11. The summed E-state index contributed by atoms with van der Waals surface area (Å²) in [5.74, 6) is 0.735. The zero-order valence-electron chi connectivity index (χ0n) is 15.8. The molecule has 0 fully saturated rings. The van der Waals surface area contributed by atoms with Crippen molar-refractivity contribution in [2.24, 2.45) is 0 Å². The van der Waals surface area contributed by atoms with Gasteiger partial charge in [0.05, 0.1) is 29.4 Å². The van der Waals surface area contributed by atoms with Crippen molar-refractivity contribution in [3.8, 4) is 23.3 Å². The van der Waals surface area contributed by atoms with Gasteiger partial charge in [0.15, 0.2) is 0 Å². The van der Waals surface area contributed by atoms with Crippen molar-refractivity contribution in [2.45, 2.75) is 0 Å². The van der Waals surface area contributed by atoms with Crippen molar-refractivity contribution in [1.82, 2.24) is 0 Å². The van der Waals surface area contributed by atoms with Crippen molar-refractivity contribution < 1.29 is 19.0 Å². The first-order chi connectivity index (χ1) is 13.9. The average molecular weight is 478 g/mol. The van der Waals surface area contributed by atoms with E-state index < -0.39 is 5.91 Å². The third-order valence-corrected chi connectivity index (χ3v) is 4.63. The largest absolute Gasteiger partial charge is 0.495 e. The molecule has 0 heterocycles. The lowest BCUT2D eigenvalue weighted by molar-refractivity contribution is -0.112. The first kappa shape index (κ1) is 22.3. The molecular formula is C21H18BrClN2O4. The summed E-state index contributed by atoms with van der Waals surface area (Å²) in [5.41, 5.74) is 0.886. The lowest BCUT2D eigenvalue weighted by Gasteiger charge is -2.13. The zero-order valence-corrected chi connectivity index (χ0v) is 18.1. The molecule has 0 aliphatic heterocycles. The quantitative estimate of drug-likeness (QED) is 0.320. The van der Waals surface area contributed by atoms with Crippen LogP contribution < -0.4 is 19.5 Å². The Morgan fingerprint density at radius 1 is 1.24 bits per heavy atom. The molecule has 0 saturated carbocycles. The predicted octanol–water partition coefficient (Wildman–Crippen LogP) is 5.23. The summed E-state index contributed by atoms with van der Waals surface area (Å²) in [7, 11) is 2.91. The monoisotopic (exact) mass is 476 g/mol. The average Bonchev–Trinajstić information content (AvgIpc) is 2.72. The van der Waals surface area contributed by atoms with E-state index in [1.54, 1.807) is 24.3 Å². The van der Waals surface area contributed by atoms with E-state index in [0.29, 0.717) is 44.6 Å². The predicted molar refractivity (Wildman–Crippen MR) is 117 cm³/mol. The van der Waals surface area contributed by atoms with Gasteiger partial charge < -0.3 is 19.5 Å². The number of nitriles is 1. The van der Waals surface area contributed by atoms with Gasteiger partial charge in [-0.3, -0.25) is 4.79 Å². The highest BCUT2D eigenvalue weighted by molar-refractivity contribution is 9.10. The summed E-state index contributed by atoms with van der Waals surface area (Å²) < 4.78 is 16.6. The normalized spacial score (nSPS) is 10.7. The van der Waals surface area contributed by atoms with E-state index in [2.05, 4.69) is 27.8 Å². The lowest BCUT2D eigenvalue weighted by atomic mass is 10.1. The van der Waals surface area contributed by atoms with Crippen molar-refractivity contribution in [2.75, 3.05) is 26.1 Å². The molecule has 2 rings (SSSR count). The van der Waals surface area contributed by atoms with Crippen molar-refractivity contribution >= 4 is 45.2 Å². The van der Waals surface area contributed by atoms with E-state index in [-0.39, 0.29) is 5.57 Å². The number of amides is 1. The fourth-order valence-electron chi connectivity index (χ4n) is 2.34. The number of benzene rings is 2. The number of rotatable bonds is 8. The van der Waals surface area contributed by atoms with Gasteiger partial charge in [0.2, 0.25) is 0 Å². The van der Waals surface area contributed by atoms with Crippen LogP contribution in [0.2, 0.25) is 5.02 Å². The van der Waals surface area contributed by atoms with Crippen molar-refractivity contribution in [3.63, 3.8) is 0 Å². The van der Waals surface area contributed by atoms with Crippen LogP contribution in [0.1, 0.15) is 5.56 Å². The molecule has 0 aliphatic carbocycles. The highest BCUT2D eigenvalue weighted by atomic mass is 79.9. The Morgan fingerprint density at radius 2 is 1.97 bits per heavy atom. The Bertz CT molecular complexity index is 999. The number of hydrogen-bond acceptors (Lipinski definition) is 5. The topological polar surface area (TPSA) is 80.6 Å². The van der Waals surface area contributed by atoms with Crippen molar-refractivity contribution in [1.29, 1.82) is 5.26 Å². The van der Waals surface area contributed by atoms with Gasteiger partial charge >= 0.3 is 0 Å². The number of hydrogen-bond donors (Lipinski definition) is 1. The van der Waals surface area contributed by atoms with Gasteiger partial charge in [-0.1, -0.05) is 30.3 Å². The molecule has 2 aromatic rings. The first-order valence-electron chi connectivity index (χ1n) is 8.31. The van der Waals surface area contributed by atoms with Gasteiger partial charge in [-0.05, 0) is 39.7 Å². The van der Waals surface area contributed by atoms with Gasteiger partial charge in [0.25, 0.3) is 5.91 Å². The third-order valence-electron chi connectivity index (χ3n) is 3.71. The summed E-state index contributed by atoms with van der Waals surface area (Å²) in [4.78, 5) is 12.6. The van der Waals surface area contributed by atoms with Crippen LogP contribution in [0.25, 0.3) is 6.08 Å². The number of halogens is 2. The molecule has 0 bridgehead atoms. The van der Waals surface area contributed by atoms with Gasteiger partial charge in [0, 0.05) is 12.1 Å². The molecule has 29 heavy (non-hydrogen) atoms. The Hall–Kier alpha value is -2.95. The van der Waals surface area contributed by atoms with Crippen molar-refractivity contribution in [3.05, 3.63) is 63.6 Å². The van der Waals surface area contributed by atoms with Crippen LogP contribution in [0.4, 0.5) is 5.69 Å². The molecular weight excluding hydrogens is 460 g/mol. The minimum Gasteiger partial charge on any atom is -0.495 e. The molecule has 2 aromatic carbocycles. The molecule has 0 saturated heterocycles. The number of anilines is 1. The second-order valence-electron chi connectivity index (χ2n) is 5.60. The Morgan fingerprint density at radius 3 is 2.55 bits per heavy atom. The molecule has 0 unspecified atom stereocenters. The van der Waals surface area contributed by atoms with Crippen LogP contribution in [0.5, 0.6) is 17.2 Å². The fraction of sp³-hybridized carbons (Fsp3) is 0.143. The van der Waals surface area contributed by atoms with E-state index in [9.17, 15) is 10.1 Å². The second kappa shape index (κ2) is 10.6. The molecule has 6 nitrogen and oxygen atoms in total. The number of ether oxygens (including phenoxy) is 3. The number of carbonyl (C=O) groups excluding carboxylic acids is 1. The molecule has 1 amide bonds. The smallest absolute Gasteiger partial charge is 0.266 e. The van der Waals surface area contributed by atoms with Crippen LogP contribution in [-0.2, 0) is 4.79 Å². The van der Waals surface area contributed by atoms with E-state index in [1.165, 1.54) is 32.4 Å². The summed E-state index contributed by atoms with van der Waals surface area (Å²) in [6.45, 7) is 3.97. The number of nitrogens with one attached hydrogen (secondary N) is 1. The number of methoxy groups -OCH3 is 2. The first-order valence-corrected chi connectivity index (χ1v) is 9.48. The summed E-state index contributed by atoms with van der Waals surface area (Å²) in [6, 6.07) is 10.2. The molecule has 0 aromatic heterocycles. The number of nitrogens with zero attached hydrogens (tertiary/aromatic N) is 1. The fourth-order valence-corrected chi connectivity index (χ4v) is 3.08. The number of carbonyl (C=O) groups is 1.